The Hall–Kier alpha value is -0.340. The van der Waals surface area contributed by atoms with Crippen molar-refractivity contribution in [2.24, 2.45) is 17.1 Å². The van der Waals surface area contributed by atoms with Gasteiger partial charge < -0.3 is 5.73 Å². The van der Waals surface area contributed by atoms with Crippen LogP contribution in [0.25, 0.3) is 0 Å². The zero-order chi connectivity index (χ0) is 10.6. The molecule has 1 aromatic heterocycles. The van der Waals surface area contributed by atoms with Gasteiger partial charge in [0.05, 0.1) is 0 Å². The van der Waals surface area contributed by atoms with Crippen molar-refractivity contribution in [2.75, 3.05) is 6.54 Å². The molecule has 2 N–H and O–H groups in total. The first-order chi connectivity index (χ1) is 6.54. The fourth-order valence-corrected chi connectivity index (χ4v) is 2.38. The van der Waals surface area contributed by atoms with Crippen LogP contribution in [0.2, 0.25) is 0 Å². The van der Waals surface area contributed by atoms with Gasteiger partial charge in [-0.2, -0.15) is 11.3 Å². The van der Waals surface area contributed by atoms with Gasteiger partial charge in [0, 0.05) is 0 Å². The Balaban J connectivity index is 2.43. The average Bonchev–Trinajstić information content (AvgIpc) is 2.55. The zero-order valence-corrected chi connectivity index (χ0v) is 10.2. The molecule has 1 nitrogen and oxygen atoms in total. The lowest BCUT2D eigenvalue weighted by Crippen LogP contribution is -2.28. The molecular weight excluding hydrogens is 190 g/mol. The predicted octanol–water partition coefficient (Wildman–Crippen LogP) is 3.30. The lowest BCUT2D eigenvalue weighted by Gasteiger charge is -2.29. The van der Waals surface area contributed by atoms with E-state index in [2.05, 4.69) is 37.6 Å². The van der Waals surface area contributed by atoms with Gasteiger partial charge in [0.25, 0.3) is 0 Å². The summed E-state index contributed by atoms with van der Waals surface area (Å²) in [4.78, 5) is 0. The van der Waals surface area contributed by atoms with E-state index < -0.39 is 0 Å². The molecule has 1 rings (SSSR count). The molecule has 80 valence electrons. The summed E-state index contributed by atoms with van der Waals surface area (Å²) < 4.78 is 0. The molecule has 1 heterocycles. The molecule has 0 aliphatic heterocycles. The number of rotatable bonds is 4. The molecule has 0 bridgehead atoms. The van der Waals surface area contributed by atoms with Crippen molar-refractivity contribution in [2.45, 2.75) is 33.6 Å². The number of aryl methyl sites for hydroxylation is 1. The maximum Gasteiger partial charge on any atom is -0.00437 e. The number of nitrogens with two attached hydrogens (primary N) is 1. The normalized spacial score (nSPS) is 14.3. The highest BCUT2D eigenvalue weighted by molar-refractivity contribution is 7.07. The van der Waals surface area contributed by atoms with Crippen molar-refractivity contribution in [1.29, 1.82) is 0 Å². The monoisotopic (exact) mass is 211 g/mol. The topological polar surface area (TPSA) is 26.0 Å². The molecule has 0 radical (unpaired) electrons. The molecule has 0 saturated heterocycles. The molecule has 2 heteroatoms. The Labute approximate surface area is 91.3 Å². The van der Waals surface area contributed by atoms with Crippen LogP contribution in [0.15, 0.2) is 16.8 Å². The third kappa shape index (κ3) is 3.43. The van der Waals surface area contributed by atoms with E-state index in [-0.39, 0.29) is 0 Å². The molecule has 0 aromatic carbocycles. The maximum absolute atomic E-state index is 5.80. The van der Waals surface area contributed by atoms with E-state index in [0.717, 1.165) is 6.54 Å². The zero-order valence-electron chi connectivity index (χ0n) is 9.42. The first-order valence-electron chi connectivity index (χ1n) is 5.25. The van der Waals surface area contributed by atoms with E-state index >= 15 is 0 Å². The second kappa shape index (κ2) is 4.94. The summed E-state index contributed by atoms with van der Waals surface area (Å²) in [6, 6.07) is 2.21. The van der Waals surface area contributed by atoms with Gasteiger partial charge in [-0.1, -0.05) is 20.8 Å². The van der Waals surface area contributed by atoms with Crippen molar-refractivity contribution < 1.29 is 0 Å². The number of hydrogen-bond acceptors (Lipinski definition) is 2. The van der Waals surface area contributed by atoms with Crippen LogP contribution in [-0.2, 0) is 6.42 Å². The molecule has 0 amide bonds. The van der Waals surface area contributed by atoms with Crippen molar-refractivity contribution in [3.8, 4) is 0 Å². The van der Waals surface area contributed by atoms with Gasteiger partial charge in [0.15, 0.2) is 0 Å². The fraction of sp³-hybridized carbons (Fsp3) is 0.667. The third-order valence-electron chi connectivity index (χ3n) is 2.87. The van der Waals surface area contributed by atoms with E-state index in [4.69, 9.17) is 5.73 Å². The quantitative estimate of drug-likeness (QED) is 0.812. The molecule has 0 aliphatic carbocycles. The Morgan fingerprint density at radius 2 is 2.14 bits per heavy atom. The van der Waals surface area contributed by atoms with Crippen molar-refractivity contribution >= 4 is 11.3 Å². The van der Waals surface area contributed by atoms with Crippen LogP contribution in [0.4, 0.5) is 0 Å². The SMILES string of the molecule is CC(C)(C)C(CN)CCc1ccsc1. The standard InChI is InChI=1S/C12H21NS/c1-12(2,3)11(8-13)5-4-10-6-7-14-9-10/h6-7,9,11H,4-5,8,13H2,1-3H3. The minimum atomic E-state index is 0.338. The fourth-order valence-electron chi connectivity index (χ4n) is 1.68. The van der Waals surface area contributed by atoms with Crippen LogP contribution < -0.4 is 5.73 Å². The Bertz CT molecular complexity index is 246. The van der Waals surface area contributed by atoms with Crippen LogP contribution in [0.1, 0.15) is 32.8 Å². The second-order valence-corrected chi connectivity index (χ2v) is 5.75. The van der Waals surface area contributed by atoms with Gasteiger partial charge in [0.1, 0.15) is 0 Å². The molecule has 0 saturated carbocycles. The molecule has 1 atom stereocenters. The highest BCUT2D eigenvalue weighted by Gasteiger charge is 2.22. The van der Waals surface area contributed by atoms with Gasteiger partial charge in [0.2, 0.25) is 0 Å². The third-order valence-corrected chi connectivity index (χ3v) is 3.60. The molecule has 0 aliphatic rings. The molecule has 1 unspecified atom stereocenters. The van der Waals surface area contributed by atoms with E-state index in [1.54, 1.807) is 11.3 Å². The predicted molar refractivity (Wildman–Crippen MR) is 64.6 cm³/mol. The van der Waals surface area contributed by atoms with Gasteiger partial charge in [-0.25, -0.2) is 0 Å². The van der Waals surface area contributed by atoms with E-state index in [1.807, 2.05) is 0 Å². The van der Waals surface area contributed by atoms with Crippen LogP contribution in [0.3, 0.4) is 0 Å². The molecule has 14 heavy (non-hydrogen) atoms. The Morgan fingerprint density at radius 1 is 1.43 bits per heavy atom. The van der Waals surface area contributed by atoms with Crippen molar-refractivity contribution in [1.82, 2.24) is 0 Å². The summed E-state index contributed by atoms with van der Waals surface area (Å²) >= 11 is 1.78. The lowest BCUT2D eigenvalue weighted by molar-refractivity contribution is 0.233. The number of hydrogen-bond donors (Lipinski definition) is 1. The van der Waals surface area contributed by atoms with E-state index in [0.29, 0.717) is 11.3 Å². The first kappa shape index (κ1) is 11.7. The summed E-state index contributed by atoms with van der Waals surface area (Å²) in [6.45, 7) is 7.63. The van der Waals surface area contributed by atoms with Crippen molar-refractivity contribution in [3.63, 3.8) is 0 Å². The first-order valence-corrected chi connectivity index (χ1v) is 6.19. The Kier molecular flexibility index (Phi) is 4.14. The molecule has 0 spiro atoms. The Morgan fingerprint density at radius 3 is 2.57 bits per heavy atom. The highest BCUT2D eigenvalue weighted by atomic mass is 32.1. The van der Waals surface area contributed by atoms with Crippen molar-refractivity contribution in [3.05, 3.63) is 22.4 Å². The lowest BCUT2D eigenvalue weighted by atomic mass is 9.78. The highest BCUT2D eigenvalue weighted by Crippen LogP contribution is 2.29. The largest absolute Gasteiger partial charge is 0.330 e. The van der Waals surface area contributed by atoms with Crippen LogP contribution in [-0.4, -0.2) is 6.54 Å². The summed E-state index contributed by atoms with van der Waals surface area (Å²) in [5.41, 5.74) is 7.60. The summed E-state index contributed by atoms with van der Waals surface area (Å²) in [6.07, 6.45) is 2.37. The number of thiophene rings is 1. The maximum atomic E-state index is 5.80. The minimum Gasteiger partial charge on any atom is -0.330 e. The van der Waals surface area contributed by atoms with E-state index in [1.165, 1.54) is 18.4 Å². The van der Waals surface area contributed by atoms with Gasteiger partial charge in [-0.3, -0.25) is 0 Å². The summed E-state index contributed by atoms with van der Waals surface area (Å²) in [5.74, 6) is 0.627. The minimum absolute atomic E-state index is 0.338. The molecule has 0 fully saturated rings. The van der Waals surface area contributed by atoms with Gasteiger partial charge in [-0.05, 0) is 53.1 Å². The smallest absolute Gasteiger partial charge is 0.00437 e. The van der Waals surface area contributed by atoms with Gasteiger partial charge >= 0.3 is 0 Å². The van der Waals surface area contributed by atoms with Crippen LogP contribution >= 0.6 is 11.3 Å². The summed E-state index contributed by atoms with van der Waals surface area (Å²) in [5, 5.41) is 4.38. The average molecular weight is 211 g/mol. The summed E-state index contributed by atoms with van der Waals surface area (Å²) in [7, 11) is 0. The van der Waals surface area contributed by atoms with E-state index in [9.17, 15) is 0 Å². The molecule has 1 aromatic rings. The molecular formula is C12H21NS. The van der Waals surface area contributed by atoms with Crippen LogP contribution in [0.5, 0.6) is 0 Å². The van der Waals surface area contributed by atoms with Gasteiger partial charge in [-0.15, -0.1) is 0 Å². The van der Waals surface area contributed by atoms with Crippen LogP contribution in [0, 0.1) is 11.3 Å². The second-order valence-electron chi connectivity index (χ2n) is 4.97.